The first-order chi connectivity index (χ1) is 5.84. The van der Waals surface area contributed by atoms with Gasteiger partial charge in [0.1, 0.15) is 6.10 Å². The molecule has 0 bridgehead atoms. The third-order valence-electron chi connectivity index (χ3n) is 2.12. The lowest BCUT2D eigenvalue weighted by atomic mass is 10.1. The molecular weight excluding hydrogens is 156 g/mol. The Labute approximate surface area is 73.7 Å². The molecule has 1 fully saturated rings. The van der Waals surface area contributed by atoms with E-state index >= 15 is 0 Å². The zero-order chi connectivity index (χ0) is 8.81. The summed E-state index contributed by atoms with van der Waals surface area (Å²) >= 11 is 0. The minimum Gasteiger partial charge on any atom is -0.390 e. The van der Waals surface area contributed by atoms with Gasteiger partial charge in [-0.3, -0.25) is 0 Å². The molecule has 1 aliphatic heterocycles. The largest absolute Gasteiger partial charge is 0.390 e. The number of aliphatic hydroxyl groups is 1. The number of aliphatic hydroxyl groups excluding tert-OH is 1. The van der Waals surface area contributed by atoms with Crippen LogP contribution in [0.1, 0.15) is 26.2 Å². The van der Waals surface area contributed by atoms with Crippen molar-refractivity contribution in [2.45, 2.75) is 38.4 Å². The van der Waals surface area contributed by atoms with Crippen molar-refractivity contribution in [1.82, 2.24) is 0 Å². The Balaban J connectivity index is 2.15. The minimum absolute atomic E-state index is 0.0923. The Hall–Kier alpha value is -0.120. The molecule has 0 radical (unpaired) electrons. The van der Waals surface area contributed by atoms with E-state index in [2.05, 4.69) is 6.92 Å². The lowest BCUT2D eigenvalue weighted by molar-refractivity contribution is -0.133. The van der Waals surface area contributed by atoms with Crippen LogP contribution in [0, 0.1) is 0 Å². The maximum absolute atomic E-state index is 9.60. The summed E-state index contributed by atoms with van der Waals surface area (Å²) in [6.07, 6.45) is 2.56. The third-order valence-corrected chi connectivity index (χ3v) is 2.12. The van der Waals surface area contributed by atoms with Gasteiger partial charge in [-0.15, -0.1) is 0 Å². The molecule has 0 aromatic carbocycles. The Morgan fingerprint density at radius 2 is 2.33 bits per heavy atom. The van der Waals surface area contributed by atoms with Crippen molar-refractivity contribution in [1.29, 1.82) is 0 Å². The second kappa shape index (κ2) is 5.51. The van der Waals surface area contributed by atoms with E-state index in [1.165, 1.54) is 0 Å². The average molecular weight is 174 g/mol. The first kappa shape index (κ1) is 9.96. The number of hydrogen-bond donors (Lipinski definition) is 1. The van der Waals surface area contributed by atoms with Crippen molar-refractivity contribution in [2.75, 3.05) is 19.8 Å². The molecule has 0 aliphatic carbocycles. The first-order valence-corrected chi connectivity index (χ1v) is 4.72. The van der Waals surface area contributed by atoms with E-state index in [1.54, 1.807) is 0 Å². The highest BCUT2D eigenvalue weighted by molar-refractivity contribution is 4.70. The lowest BCUT2D eigenvalue weighted by Gasteiger charge is -2.27. The van der Waals surface area contributed by atoms with Gasteiger partial charge < -0.3 is 14.6 Å². The molecule has 2 atom stereocenters. The van der Waals surface area contributed by atoms with Gasteiger partial charge in [0.05, 0.1) is 25.9 Å². The normalized spacial score (nSPS) is 27.0. The maximum atomic E-state index is 9.60. The van der Waals surface area contributed by atoms with Crippen LogP contribution >= 0.6 is 0 Å². The highest BCUT2D eigenvalue weighted by Gasteiger charge is 2.22. The minimum atomic E-state index is -0.342. The van der Waals surface area contributed by atoms with Crippen LogP contribution in [-0.2, 0) is 9.47 Å². The molecule has 1 saturated heterocycles. The van der Waals surface area contributed by atoms with Crippen LogP contribution in [0.4, 0.5) is 0 Å². The fourth-order valence-electron chi connectivity index (χ4n) is 1.33. The highest BCUT2D eigenvalue weighted by Crippen LogP contribution is 2.11. The molecule has 0 aromatic heterocycles. The van der Waals surface area contributed by atoms with E-state index in [-0.39, 0.29) is 12.2 Å². The van der Waals surface area contributed by atoms with E-state index in [0.29, 0.717) is 19.8 Å². The van der Waals surface area contributed by atoms with E-state index < -0.39 is 0 Å². The summed E-state index contributed by atoms with van der Waals surface area (Å²) in [5.74, 6) is 0. The molecule has 0 spiro atoms. The molecule has 0 amide bonds. The Kier molecular flexibility index (Phi) is 4.58. The van der Waals surface area contributed by atoms with E-state index in [1.807, 2.05) is 0 Å². The lowest BCUT2D eigenvalue weighted by Crippen LogP contribution is -2.38. The van der Waals surface area contributed by atoms with Crippen LogP contribution < -0.4 is 0 Å². The summed E-state index contributed by atoms with van der Waals surface area (Å²) in [5.41, 5.74) is 0. The molecule has 12 heavy (non-hydrogen) atoms. The molecule has 0 saturated carbocycles. The molecule has 2 unspecified atom stereocenters. The summed E-state index contributed by atoms with van der Waals surface area (Å²) in [6, 6.07) is 0. The zero-order valence-electron chi connectivity index (χ0n) is 7.66. The molecule has 1 rings (SSSR count). The third kappa shape index (κ3) is 3.09. The summed E-state index contributed by atoms with van der Waals surface area (Å²) in [4.78, 5) is 0. The van der Waals surface area contributed by atoms with Crippen LogP contribution in [0.3, 0.4) is 0 Å². The van der Waals surface area contributed by atoms with Crippen LogP contribution in [0.5, 0.6) is 0 Å². The standard InChI is InChI=1S/C9H18O3/c1-2-3-4-8(10)9-7-11-5-6-12-9/h8-10H,2-7H2,1H3. The van der Waals surface area contributed by atoms with Gasteiger partial charge >= 0.3 is 0 Å². The maximum Gasteiger partial charge on any atom is 0.107 e. The van der Waals surface area contributed by atoms with Gasteiger partial charge in [0.15, 0.2) is 0 Å². The SMILES string of the molecule is CCCCC(O)C1COCCO1. The molecule has 1 aliphatic rings. The van der Waals surface area contributed by atoms with Crippen LogP contribution in [-0.4, -0.2) is 37.1 Å². The highest BCUT2D eigenvalue weighted by atomic mass is 16.6. The van der Waals surface area contributed by atoms with E-state index in [9.17, 15) is 5.11 Å². The molecule has 72 valence electrons. The van der Waals surface area contributed by atoms with Crippen molar-refractivity contribution in [3.8, 4) is 0 Å². The van der Waals surface area contributed by atoms with E-state index in [0.717, 1.165) is 19.3 Å². The van der Waals surface area contributed by atoms with Gasteiger partial charge in [-0.2, -0.15) is 0 Å². The quantitative estimate of drug-likeness (QED) is 0.689. The number of rotatable bonds is 4. The molecule has 1 heterocycles. The Morgan fingerprint density at radius 3 is 2.92 bits per heavy atom. The van der Waals surface area contributed by atoms with Crippen molar-refractivity contribution in [2.24, 2.45) is 0 Å². The summed E-state index contributed by atoms with van der Waals surface area (Å²) < 4.78 is 10.6. The molecule has 1 N–H and O–H groups in total. The van der Waals surface area contributed by atoms with Gasteiger partial charge in [-0.25, -0.2) is 0 Å². The number of ether oxygens (including phenoxy) is 2. The molecule has 3 heteroatoms. The predicted octanol–water partition coefficient (Wildman–Crippen LogP) is 0.953. The fraction of sp³-hybridized carbons (Fsp3) is 1.00. The second-order valence-corrected chi connectivity index (χ2v) is 3.19. The average Bonchev–Trinajstić information content (AvgIpc) is 2.15. The van der Waals surface area contributed by atoms with E-state index in [4.69, 9.17) is 9.47 Å². The number of unbranched alkanes of at least 4 members (excludes halogenated alkanes) is 1. The fourth-order valence-corrected chi connectivity index (χ4v) is 1.33. The van der Waals surface area contributed by atoms with Gasteiger partial charge in [-0.05, 0) is 6.42 Å². The van der Waals surface area contributed by atoms with Gasteiger partial charge in [-0.1, -0.05) is 19.8 Å². The predicted molar refractivity (Wildman–Crippen MR) is 46.1 cm³/mol. The van der Waals surface area contributed by atoms with Gasteiger partial charge in [0.2, 0.25) is 0 Å². The summed E-state index contributed by atoms with van der Waals surface area (Å²) in [5, 5.41) is 9.60. The summed E-state index contributed by atoms with van der Waals surface area (Å²) in [7, 11) is 0. The van der Waals surface area contributed by atoms with Crippen molar-refractivity contribution in [3.63, 3.8) is 0 Å². The zero-order valence-corrected chi connectivity index (χ0v) is 7.66. The smallest absolute Gasteiger partial charge is 0.107 e. The molecule has 3 nitrogen and oxygen atoms in total. The molecule has 0 aromatic rings. The van der Waals surface area contributed by atoms with Crippen molar-refractivity contribution < 1.29 is 14.6 Å². The van der Waals surface area contributed by atoms with Gasteiger partial charge in [0.25, 0.3) is 0 Å². The van der Waals surface area contributed by atoms with Crippen LogP contribution in [0.2, 0.25) is 0 Å². The first-order valence-electron chi connectivity index (χ1n) is 4.72. The van der Waals surface area contributed by atoms with Gasteiger partial charge in [0, 0.05) is 0 Å². The van der Waals surface area contributed by atoms with Crippen molar-refractivity contribution >= 4 is 0 Å². The second-order valence-electron chi connectivity index (χ2n) is 3.19. The monoisotopic (exact) mass is 174 g/mol. The molecular formula is C9H18O3. The topological polar surface area (TPSA) is 38.7 Å². The Bertz CT molecular complexity index is 110. The summed E-state index contributed by atoms with van der Waals surface area (Å²) in [6.45, 7) is 3.95. The van der Waals surface area contributed by atoms with Crippen LogP contribution in [0.25, 0.3) is 0 Å². The number of hydrogen-bond acceptors (Lipinski definition) is 3. The van der Waals surface area contributed by atoms with Crippen LogP contribution in [0.15, 0.2) is 0 Å². The van der Waals surface area contributed by atoms with Crippen molar-refractivity contribution in [3.05, 3.63) is 0 Å². The Morgan fingerprint density at radius 1 is 1.50 bits per heavy atom.